The first-order chi connectivity index (χ1) is 8.23. The van der Waals surface area contributed by atoms with Crippen molar-refractivity contribution in [3.05, 3.63) is 0 Å². The zero-order valence-corrected chi connectivity index (χ0v) is 11.4. The predicted octanol–water partition coefficient (Wildman–Crippen LogP) is 0.470. The zero-order valence-electron chi connectivity index (χ0n) is 11.4. The number of carboxylic acids is 1. The van der Waals surface area contributed by atoms with Crippen LogP contribution in [0.5, 0.6) is 0 Å². The molecule has 104 valence electrons. The van der Waals surface area contributed by atoms with E-state index in [1.807, 2.05) is 13.8 Å². The van der Waals surface area contributed by atoms with Crippen LogP contribution in [0.3, 0.4) is 0 Å². The normalized spacial score (nSPS) is 12.1. The third-order valence-corrected chi connectivity index (χ3v) is 2.28. The number of rotatable bonds is 7. The molecule has 1 atom stereocenters. The highest BCUT2D eigenvalue weighted by molar-refractivity contribution is 5.86. The molecule has 0 fully saturated rings. The van der Waals surface area contributed by atoms with E-state index in [4.69, 9.17) is 5.11 Å². The highest BCUT2D eigenvalue weighted by Gasteiger charge is 2.22. The van der Waals surface area contributed by atoms with Gasteiger partial charge in [0.2, 0.25) is 11.8 Å². The summed E-state index contributed by atoms with van der Waals surface area (Å²) in [5.74, 6) is -1.23. The van der Waals surface area contributed by atoms with Gasteiger partial charge in [-0.3, -0.25) is 14.4 Å². The van der Waals surface area contributed by atoms with Gasteiger partial charge in [0.05, 0.1) is 6.42 Å². The maximum atomic E-state index is 12.0. The molecule has 0 aliphatic heterocycles. The number of nitrogens with zero attached hydrogens (tertiary/aromatic N) is 1. The molecule has 0 aromatic rings. The van der Waals surface area contributed by atoms with Gasteiger partial charge in [0.1, 0.15) is 6.04 Å². The van der Waals surface area contributed by atoms with Crippen LogP contribution in [0.2, 0.25) is 0 Å². The van der Waals surface area contributed by atoms with Gasteiger partial charge < -0.3 is 15.3 Å². The summed E-state index contributed by atoms with van der Waals surface area (Å²) in [4.78, 5) is 35.0. The fraction of sp³-hybridized carbons (Fsp3) is 0.750. The topological polar surface area (TPSA) is 86.7 Å². The molecule has 6 heteroatoms. The first-order valence-electron chi connectivity index (χ1n) is 6.01. The second-order valence-corrected chi connectivity index (χ2v) is 4.74. The Balaban J connectivity index is 4.56. The second-order valence-electron chi connectivity index (χ2n) is 4.74. The molecule has 0 spiro atoms. The number of carboxylic acid groups (broad SMARTS) is 1. The van der Waals surface area contributed by atoms with Crippen molar-refractivity contribution in [1.82, 2.24) is 10.2 Å². The third-order valence-electron chi connectivity index (χ3n) is 2.28. The maximum absolute atomic E-state index is 12.0. The Hall–Kier alpha value is -1.59. The monoisotopic (exact) mass is 258 g/mol. The molecule has 0 saturated carbocycles. The molecule has 6 nitrogen and oxygen atoms in total. The number of amides is 2. The van der Waals surface area contributed by atoms with Gasteiger partial charge in [0, 0.05) is 20.0 Å². The predicted molar refractivity (Wildman–Crippen MR) is 66.9 cm³/mol. The van der Waals surface area contributed by atoms with E-state index in [9.17, 15) is 14.4 Å². The number of carbonyl (C=O) groups is 3. The van der Waals surface area contributed by atoms with E-state index in [1.54, 1.807) is 6.92 Å². The molecule has 2 N–H and O–H groups in total. The third kappa shape index (κ3) is 6.88. The van der Waals surface area contributed by atoms with Crippen molar-refractivity contribution in [3.63, 3.8) is 0 Å². The van der Waals surface area contributed by atoms with Crippen molar-refractivity contribution in [2.24, 2.45) is 5.92 Å². The molecule has 0 bridgehead atoms. The standard InChI is InChI=1S/C12H22N2O4/c1-8(2)7-14(6-5-11(16)17)12(18)9(3)13-10(4)15/h8-9H,5-7H2,1-4H3,(H,13,15)(H,16,17). The van der Waals surface area contributed by atoms with E-state index in [0.717, 1.165) is 0 Å². The lowest BCUT2D eigenvalue weighted by Crippen LogP contribution is -2.48. The molecule has 0 saturated heterocycles. The van der Waals surface area contributed by atoms with Gasteiger partial charge in [0.25, 0.3) is 0 Å². The SMILES string of the molecule is CC(=O)NC(C)C(=O)N(CCC(=O)O)CC(C)C. The van der Waals surface area contributed by atoms with Crippen LogP contribution in [-0.2, 0) is 14.4 Å². The average molecular weight is 258 g/mol. The van der Waals surface area contributed by atoms with Crippen LogP contribution < -0.4 is 5.32 Å². The Bertz CT molecular complexity index is 315. The average Bonchev–Trinajstić information content (AvgIpc) is 2.21. The molecule has 0 aliphatic rings. The van der Waals surface area contributed by atoms with Crippen LogP contribution in [0.15, 0.2) is 0 Å². The Labute approximate surface area is 107 Å². The molecular weight excluding hydrogens is 236 g/mol. The molecule has 1 unspecified atom stereocenters. The smallest absolute Gasteiger partial charge is 0.305 e. The summed E-state index contributed by atoms with van der Waals surface area (Å²) in [7, 11) is 0. The van der Waals surface area contributed by atoms with Crippen LogP contribution >= 0.6 is 0 Å². The summed E-state index contributed by atoms with van der Waals surface area (Å²) < 4.78 is 0. The van der Waals surface area contributed by atoms with Crippen LogP contribution in [0.4, 0.5) is 0 Å². The van der Waals surface area contributed by atoms with Crippen molar-refractivity contribution in [2.45, 2.75) is 40.2 Å². The molecule has 18 heavy (non-hydrogen) atoms. The van der Waals surface area contributed by atoms with Gasteiger partial charge in [-0.15, -0.1) is 0 Å². The Morgan fingerprint density at radius 2 is 1.78 bits per heavy atom. The summed E-state index contributed by atoms with van der Waals surface area (Å²) in [6.07, 6.45) is -0.0920. The minimum Gasteiger partial charge on any atom is -0.481 e. The van der Waals surface area contributed by atoms with E-state index in [2.05, 4.69) is 5.32 Å². The van der Waals surface area contributed by atoms with Crippen LogP contribution in [0.1, 0.15) is 34.1 Å². The first-order valence-corrected chi connectivity index (χ1v) is 6.01. The van der Waals surface area contributed by atoms with Gasteiger partial charge in [-0.25, -0.2) is 0 Å². The van der Waals surface area contributed by atoms with Crippen molar-refractivity contribution >= 4 is 17.8 Å². The van der Waals surface area contributed by atoms with Crippen LogP contribution in [0, 0.1) is 5.92 Å². The van der Waals surface area contributed by atoms with Crippen LogP contribution in [-0.4, -0.2) is 46.9 Å². The molecule has 0 heterocycles. The summed E-state index contributed by atoms with van der Waals surface area (Å²) in [5, 5.41) is 11.2. The number of aliphatic carboxylic acids is 1. The number of carbonyl (C=O) groups excluding carboxylic acids is 2. The molecular formula is C12H22N2O4. The molecule has 0 radical (unpaired) electrons. The van der Waals surface area contributed by atoms with E-state index >= 15 is 0 Å². The number of hydrogen-bond donors (Lipinski definition) is 2. The van der Waals surface area contributed by atoms with Gasteiger partial charge in [-0.2, -0.15) is 0 Å². The lowest BCUT2D eigenvalue weighted by Gasteiger charge is -2.27. The minimum atomic E-state index is -0.941. The Kier molecular flexibility index (Phi) is 7.00. The molecule has 0 aromatic heterocycles. The fourth-order valence-corrected chi connectivity index (χ4v) is 1.60. The summed E-state index contributed by atoms with van der Waals surface area (Å²) >= 11 is 0. The maximum Gasteiger partial charge on any atom is 0.305 e. The van der Waals surface area contributed by atoms with Gasteiger partial charge >= 0.3 is 5.97 Å². The number of hydrogen-bond acceptors (Lipinski definition) is 3. The molecule has 0 aliphatic carbocycles. The Morgan fingerprint density at radius 1 is 1.22 bits per heavy atom. The van der Waals surface area contributed by atoms with Crippen molar-refractivity contribution in [1.29, 1.82) is 0 Å². The van der Waals surface area contributed by atoms with Gasteiger partial charge in [-0.1, -0.05) is 13.8 Å². The van der Waals surface area contributed by atoms with Crippen LogP contribution in [0.25, 0.3) is 0 Å². The minimum absolute atomic E-state index is 0.0920. The fourth-order valence-electron chi connectivity index (χ4n) is 1.60. The lowest BCUT2D eigenvalue weighted by atomic mass is 10.1. The van der Waals surface area contributed by atoms with Crippen molar-refractivity contribution < 1.29 is 19.5 Å². The van der Waals surface area contributed by atoms with Crippen molar-refractivity contribution in [2.75, 3.05) is 13.1 Å². The summed E-state index contributed by atoms with van der Waals surface area (Å²) in [6, 6.07) is -0.630. The highest BCUT2D eigenvalue weighted by atomic mass is 16.4. The summed E-state index contributed by atoms with van der Waals surface area (Å²) in [5.41, 5.74) is 0. The number of nitrogens with one attached hydrogen (secondary N) is 1. The van der Waals surface area contributed by atoms with E-state index in [-0.39, 0.29) is 30.7 Å². The zero-order chi connectivity index (χ0) is 14.3. The second kappa shape index (κ2) is 7.68. The van der Waals surface area contributed by atoms with Gasteiger partial charge in [-0.05, 0) is 12.8 Å². The largest absolute Gasteiger partial charge is 0.481 e. The van der Waals surface area contributed by atoms with Crippen molar-refractivity contribution in [3.8, 4) is 0 Å². The van der Waals surface area contributed by atoms with Gasteiger partial charge in [0.15, 0.2) is 0 Å². The highest BCUT2D eigenvalue weighted by Crippen LogP contribution is 2.03. The lowest BCUT2D eigenvalue weighted by molar-refractivity contribution is -0.140. The van der Waals surface area contributed by atoms with E-state index in [1.165, 1.54) is 11.8 Å². The van der Waals surface area contributed by atoms with E-state index < -0.39 is 12.0 Å². The first kappa shape index (κ1) is 16.4. The van der Waals surface area contributed by atoms with E-state index in [0.29, 0.717) is 6.54 Å². The quantitative estimate of drug-likeness (QED) is 0.695. The molecule has 0 rings (SSSR count). The molecule has 2 amide bonds. The summed E-state index contributed by atoms with van der Waals surface area (Å²) in [6.45, 7) is 7.48. The Morgan fingerprint density at radius 3 is 2.17 bits per heavy atom. The molecule has 0 aromatic carbocycles.